The number of fused-ring (bicyclic) bond motifs is 3. The molecule has 0 aliphatic carbocycles. The lowest BCUT2D eigenvalue weighted by molar-refractivity contribution is -0.232. The normalized spacial score (nSPS) is 42.6. The smallest absolute Gasteiger partial charge is 0.377 e. The zero-order valence-corrected chi connectivity index (χ0v) is 10.9. The van der Waals surface area contributed by atoms with Crippen molar-refractivity contribution in [2.45, 2.75) is 43.0 Å². The van der Waals surface area contributed by atoms with Crippen LogP contribution in [0.1, 0.15) is 6.92 Å². The fourth-order valence-electron chi connectivity index (χ4n) is 3.47. The van der Waals surface area contributed by atoms with Gasteiger partial charge in [0.15, 0.2) is 18.3 Å². The minimum atomic E-state index is -3.64. The minimum absolute atomic E-state index is 0.242. The molecule has 0 radical (unpaired) electrons. The molecule has 4 rings (SSSR count). The van der Waals surface area contributed by atoms with Gasteiger partial charge < -0.3 is 23.7 Å². The molecule has 0 N–H and O–H groups in total. The highest BCUT2D eigenvalue weighted by Gasteiger charge is 2.79. The van der Waals surface area contributed by atoms with Crippen LogP contribution in [0, 0.1) is 5.92 Å². The Morgan fingerprint density at radius 1 is 1.33 bits per heavy atom. The predicted octanol–water partition coefficient (Wildman–Crippen LogP) is -0.381. The summed E-state index contributed by atoms with van der Waals surface area (Å²) in [7, 11) is 0. The first-order valence-corrected chi connectivity index (χ1v) is 6.57. The van der Waals surface area contributed by atoms with Crippen LogP contribution in [0.25, 0.3) is 0 Å². The molecular weight excluding hydrogens is 294 g/mol. The first kappa shape index (κ1) is 13.4. The Morgan fingerprint density at radius 3 is 2.62 bits per heavy atom. The van der Waals surface area contributed by atoms with Gasteiger partial charge in [0.05, 0.1) is 13.2 Å². The molecule has 21 heavy (non-hydrogen) atoms. The molecule has 0 aromatic carbocycles. The molecule has 7 nitrogen and oxygen atoms in total. The lowest BCUT2D eigenvalue weighted by atomic mass is 9.82. The maximum atomic E-state index is 13.0. The molecule has 1 spiro atoms. The number of carbonyl (C=O) groups excluding carboxylic acids is 2. The van der Waals surface area contributed by atoms with Gasteiger partial charge in [-0.2, -0.15) is 8.78 Å². The fourth-order valence-corrected chi connectivity index (χ4v) is 3.47. The average molecular weight is 306 g/mol. The van der Waals surface area contributed by atoms with Crippen LogP contribution in [0.5, 0.6) is 0 Å². The summed E-state index contributed by atoms with van der Waals surface area (Å²) in [6.07, 6.45) is -3.70. The standard InChI is InChI=1S/C12H12F2O7/c1-11(13,14)10(16)21-7-6-5-4(9(15)20-6)12(8(7)19-5)17-2-3-18-12/h4-8H,2-3H2,1H3. The quantitative estimate of drug-likeness (QED) is 0.643. The van der Waals surface area contributed by atoms with Gasteiger partial charge in [-0.1, -0.05) is 0 Å². The summed E-state index contributed by atoms with van der Waals surface area (Å²) in [5.74, 6) is -8.10. The Balaban J connectivity index is 1.65. The molecule has 0 aromatic rings. The molecule has 4 heterocycles. The van der Waals surface area contributed by atoms with E-state index in [1.807, 2.05) is 0 Å². The molecule has 5 unspecified atom stereocenters. The van der Waals surface area contributed by atoms with Crippen molar-refractivity contribution in [3.63, 3.8) is 0 Å². The van der Waals surface area contributed by atoms with Gasteiger partial charge >= 0.3 is 17.9 Å². The average Bonchev–Trinajstić information content (AvgIpc) is 3.08. The Bertz CT molecular complexity index is 510. The van der Waals surface area contributed by atoms with Crippen LogP contribution in [-0.2, 0) is 33.3 Å². The van der Waals surface area contributed by atoms with Crippen LogP contribution in [0.15, 0.2) is 0 Å². The summed E-state index contributed by atoms with van der Waals surface area (Å²) in [5.41, 5.74) is 0. The molecule has 9 heteroatoms. The molecule has 4 fully saturated rings. The molecule has 4 aliphatic heterocycles. The van der Waals surface area contributed by atoms with Crippen molar-refractivity contribution in [3.8, 4) is 0 Å². The van der Waals surface area contributed by atoms with Crippen molar-refractivity contribution >= 4 is 11.9 Å². The number of rotatable bonds is 2. The molecule has 4 saturated heterocycles. The zero-order valence-electron chi connectivity index (χ0n) is 10.9. The molecular formula is C12H12F2O7. The number of carbonyl (C=O) groups is 2. The highest BCUT2D eigenvalue weighted by molar-refractivity contribution is 5.80. The van der Waals surface area contributed by atoms with Gasteiger partial charge in [-0.25, -0.2) is 4.79 Å². The summed E-state index contributed by atoms with van der Waals surface area (Å²) in [6.45, 7) is 0.919. The summed E-state index contributed by atoms with van der Waals surface area (Å²) in [5, 5.41) is 0. The van der Waals surface area contributed by atoms with Crippen molar-refractivity contribution in [2.75, 3.05) is 13.2 Å². The van der Waals surface area contributed by atoms with Gasteiger partial charge in [-0.15, -0.1) is 0 Å². The second-order valence-electron chi connectivity index (χ2n) is 5.58. The van der Waals surface area contributed by atoms with Crippen LogP contribution in [-0.4, -0.2) is 61.3 Å². The van der Waals surface area contributed by atoms with E-state index in [1.165, 1.54) is 0 Å². The number of ether oxygens (including phenoxy) is 5. The van der Waals surface area contributed by atoms with Crippen LogP contribution in [0.4, 0.5) is 8.78 Å². The topological polar surface area (TPSA) is 80.3 Å². The molecule has 0 amide bonds. The van der Waals surface area contributed by atoms with Crippen molar-refractivity contribution in [1.29, 1.82) is 0 Å². The van der Waals surface area contributed by atoms with Crippen molar-refractivity contribution < 1.29 is 42.1 Å². The second-order valence-corrected chi connectivity index (χ2v) is 5.58. The molecule has 0 aromatic heterocycles. The van der Waals surface area contributed by atoms with E-state index in [-0.39, 0.29) is 13.2 Å². The van der Waals surface area contributed by atoms with E-state index in [1.54, 1.807) is 0 Å². The number of hydrogen-bond donors (Lipinski definition) is 0. The van der Waals surface area contributed by atoms with Gasteiger partial charge in [0.25, 0.3) is 0 Å². The number of halogens is 2. The lowest BCUT2D eigenvalue weighted by Crippen LogP contribution is -2.57. The van der Waals surface area contributed by atoms with Crippen molar-refractivity contribution in [2.24, 2.45) is 5.92 Å². The second kappa shape index (κ2) is 3.90. The molecule has 4 aliphatic rings. The summed E-state index contributed by atoms with van der Waals surface area (Å²) in [4.78, 5) is 23.3. The first-order chi connectivity index (χ1) is 9.84. The summed E-state index contributed by atoms with van der Waals surface area (Å²) in [6, 6.07) is 0. The Hall–Kier alpha value is -1.32. The van der Waals surface area contributed by atoms with E-state index in [0.29, 0.717) is 6.92 Å². The van der Waals surface area contributed by atoms with E-state index >= 15 is 0 Å². The van der Waals surface area contributed by atoms with E-state index < -0.39 is 54.0 Å². The van der Waals surface area contributed by atoms with Gasteiger partial charge in [0.1, 0.15) is 12.0 Å². The SMILES string of the molecule is CC(F)(F)C(=O)OC1C2OC(=O)C3C2OC1C31OCCO1. The predicted molar refractivity (Wildman–Crippen MR) is 57.2 cm³/mol. The highest BCUT2D eigenvalue weighted by Crippen LogP contribution is 2.56. The highest BCUT2D eigenvalue weighted by atomic mass is 19.3. The van der Waals surface area contributed by atoms with Crippen LogP contribution >= 0.6 is 0 Å². The molecule has 116 valence electrons. The van der Waals surface area contributed by atoms with E-state index in [9.17, 15) is 18.4 Å². The summed E-state index contributed by atoms with van der Waals surface area (Å²) < 4.78 is 52.5. The van der Waals surface area contributed by atoms with Crippen molar-refractivity contribution in [1.82, 2.24) is 0 Å². The number of hydrogen-bond acceptors (Lipinski definition) is 7. The van der Waals surface area contributed by atoms with Gasteiger partial charge in [-0.3, -0.25) is 4.79 Å². The van der Waals surface area contributed by atoms with E-state index in [2.05, 4.69) is 0 Å². The van der Waals surface area contributed by atoms with Crippen LogP contribution in [0.2, 0.25) is 0 Å². The largest absolute Gasteiger partial charge is 0.455 e. The molecule has 2 bridgehead atoms. The maximum Gasteiger partial charge on any atom is 0.377 e. The monoisotopic (exact) mass is 306 g/mol. The van der Waals surface area contributed by atoms with Crippen LogP contribution in [0.3, 0.4) is 0 Å². The third kappa shape index (κ3) is 1.56. The van der Waals surface area contributed by atoms with Gasteiger partial charge in [0, 0.05) is 6.92 Å². The maximum absolute atomic E-state index is 13.0. The summed E-state index contributed by atoms with van der Waals surface area (Å²) >= 11 is 0. The van der Waals surface area contributed by atoms with Gasteiger partial charge in [-0.05, 0) is 0 Å². The Kier molecular flexibility index (Phi) is 2.48. The van der Waals surface area contributed by atoms with Gasteiger partial charge in [0.2, 0.25) is 5.79 Å². The zero-order chi connectivity index (χ0) is 15.0. The van der Waals surface area contributed by atoms with E-state index in [4.69, 9.17) is 23.7 Å². The lowest BCUT2D eigenvalue weighted by Gasteiger charge is -2.35. The molecule has 0 saturated carbocycles. The fraction of sp³-hybridized carbons (Fsp3) is 0.833. The minimum Gasteiger partial charge on any atom is -0.455 e. The third-order valence-electron chi connectivity index (χ3n) is 4.25. The Morgan fingerprint density at radius 2 is 2.00 bits per heavy atom. The van der Waals surface area contributed by atoms with E-state index in [0.717, 1.165) is 0 Å². The molecule has 5 atom stereocenters. The number of alkyl halides is 2. The van der Waals surface area contributed by atoms with Crippen molar-refractivity contribution in [3.05, 3.63) is 0 Å². The number of esters is 2. The third-order valence-corrected chi connectivity index (χ3v) is 4.25. The Labute approximate surface area is 117 Å². The first-order valence-electron chi connectivity index (χ1n) is 6.57. The van der Waals surface area contributed by atoms with Crippen LogP contribution < -0.4 is 0 Å².